The Morgan fingerprint density at radius 1 is 1.31 bits per heavy atom. The number of benzene rings is 1. The summed E-state index contributed by atoms with van der Waals surface area (Å²) in [7, 11) is -3.24. The predicted molar refractivity (Wildman–Crippen MR) is 61.8 cm³/mol. The van der Waals surface area contributed by atoms with Crippen LogP contribution in [-0.2, 0) is 9.84 Å². The average molecular weight is 239 g/mol. The first-order valence-electron chi connectivity index (χ1n) is 5.03. The van der Waals surface area contributed by atoms with Crippen molar-refractivity contribution in [3.05, 3.63) is 29.2 Å². The lowest BCUT2D eigenvalue weighted by molar-refractivity contribution is 0.312. The number of hydrogen-bond acceptors (Lipinski definition) is 4. The number of hydrogen-bond donors (Lipinski definition) is 1. The maximum Gasteiger partial charge on any atom is 0.200 e. The molecule has 0 saturated carbocycles. The molecule has 1 aromatic rings. The molecular weight excluding hydrogens is 226 g/mol. The molecule has 0 radical (unpaired) electrons. The molecule has 0 amide bonds. The van der Waals surface area contributed by atoms with E-state index in [9.17, 15) is 8.42 Å². The standard InChI is InChI=1S/C11H13NO3S/c12-5-1-6-15-10-3-2-9-4-7-16(13,14)11(9)8-10/h2-4,7-8H,1,5-6,12H2. The molecule has 0 fully saturated rings. The Hall–Kier alpha value is -1.33. The van der Waals surface area contributed by atoms with Gasteiger partial charge in [0.25, 0.3) is 0 Å². The Morgan fingerprint density at radius 3 is 2.88 bits per heavy atom. The fraction of sp³-hybridized carbons (Fsp3) is 0.273. The SMILES string of the molecule is NCCCOc1ccc2c(c1)S(=O)(=O)C=C2. The summed E-state index contributed by atoms with van der Waals surface area (Å²) in [5.74, 6) is 0.569. The van der Waals surface area contributed by atoms with Crippen molar-refractivity contribution in [3.63, 3.8) is 0 Å². The van der Waals surface area contributed by atoms with E-state index in [1.54, 1.807) is 24.3 Å². The molecule has 1 heterocycles. The van der Waals surface area contributed by atoms with E-state index in [0.29, 0.717) is 29.4 Å². The third-order valence-corrected chi connectivity index (χ3v) is 3.80. The number of sulfone groups is 1. The van der Waals surface area contributed by atoms with Gasteiger partial charge in [-0.25, -0.2) is 8.42 Å². The van der Waals surface area contributed by atoms with E-state index in [1.165, 1.54) is 5.41 Å². The van der Waals surface area contributed by atoms with E-state index in [4.69, 9.17) is 10.5 Å². The van der Waals surface area contributed by atoms with Gasteiger partial charge in [-0.1, -0.05) is 0 Å². The Bertz CT molecular complexity index is 520. The lowest BCUT2D eigenvalue weighted by Gasteiger charge is -2.06. The summed E-state index contributed by atoms with van der Waals surface area (Å²) in [6, 6.07) is 5.07. The van der Waals surface area contributed by atoms with Crippen molar-refractivity contribution in [1.82, 2.24) is 0 Å². The number of ether oxygens (including phenoxy) is 1. The van der Waals surface area contributed by atoms with Gasteiger partial charge in [-0.05, 0) is 42.8 Å². The van der Waals surface area contributed by atoms with Gasteiger partial charge in [-0.2, -0.15) is 0 Å². The second-order valence-electron chi connectivity index (χ2n) is 3.54. The number of rotatable bonds is 4. The van der Waals surface area contributed by atoms with Crippen molar-refractivity contribution in [2.45, 2.75) is 11.3 Å². The van der Waals surface area contributed by atoms with Crippen LogP contribution in [0.4, 0.5) is 0 Å². The highest BCUT2D eigenvalue weighted by atomic mass is 32.2. The first-order valence-corrected chi connectivity index (χ1v) is 6.58. The van der Waals surface area contributed by atoms with E-state index < -0.39 is 9.84 Å². The maximum absolute atomic E-state index is 11.6. The minimum atomic E-state index is -3.24. The average Bonchev–Trinajstić information content (AvgIpc) is 2.56. The van der Waals surface area contributed by atoms with Gasteiger partial charge in [0.1, 0.15) is 5.75 Å². The zero-order chi connectivity index (χ0) is 11.6. The monoisotopic (exact) mass is 239 g/mol. The van der Waals surface area contributed by atoms with Gasteiger partial charge in [-0.15, -0.1) is 0 Å². The molecule has 0 bridgehead atoms. The molecule has 1 aliphatic rings. The zero-order valence-corrected chi connectivity index (χ0v) is 9.53. The smallest absolute Gasteiger partial charge is 0.200 e. The summed E-state index contributed by atoms with van der Waals surface area (Å²) in [5, 5.41) is 1.21. The summed E-state index contributed by atoms with van der Waals surface area (Å²) >= 11 is 0. The number of fused-ring (bicyclic) bond motifs is 1. The molecule has 0 unspecified atom stereocenters. The zero-order valence-electron chi connectivity index (χ0n) is 8.72. The Kier molecular flexibility index (Phi) is 2.98. The van der Waals surface area contributed by atoms with Crippen molar-refractivity contribution >= 4 is 15.9 Å². The lowest BCUT2D eigenvalue weighted by atomic mass is 10.2. The summed E-state index contributed by atoms with van der Waals surface area (Å²) < 4.78 is 28.5. The highest BCUT2D eigenvalue weighted by molar-refractivity contribution is 7.94. The van der Waals surface area contributed by atoms with Crippen LogP contribution in [0.5, 0.6) is 5.75 Å². The van der Waals surface area contributed by atoms with Gasteiger partial charge in [0, 0.05) is 5.41 Å². The third kappa shape index (κ3) is 2.10. The highest BCUT2D eigenvalue weighted by Crippen LogP contribution is 2.30. The molecule has 0 saturated heterocycles. The quantitative estimate of drug-likeness (QED) is 0.801. The Labute approximate surface area is 94.6 Å². The summed E-state index contributed by atoms with van der Waals surface area (Å²) in [6.07, 6.45) is 2.34. The molecule has 1 aliphatic heterocycles. The summed E-state index contributed by atoms with van der Waals surface area (Å²) in [5.41, 5.74) is 6.05. The molecule has 1 aromatic carbocycles. The lowest BCUT2D eigenvalue weighted by Crippen LogP contribution is -2.06. The predicted octanol–water partition coefficient (Wildman–Crippen LogP) is 1.17. The van der Waals surface area contributed by atoms with E-state index in [1.807, 2.05) is 0 Å². The van der Waals surface area contributed by atoms with Gasteiger partial charge < -0.3 is 10.5 Å². The van der Waals surface area contributed by atoms with Crippen molar-refractivity contribution < 1.29 is 13.2 Å². The summed E-state index contributed by atoms with van der Waals surface area (Å²) in [6.45, 7) is 1.06. The first kappa shape index (κ1) is 11.2. The van der Waals surface area contributed by atoms with Crippen LogP contribution in [0.2, 0.25) is 0 Å². The van der Waals surface area contributed by atoms with Gasteiger partial charge in [0.2, 0.25) is 9.84 Å². The second kappa shape index (κ2) is 4.27. The minimum absolute atomic E-state index is 0.317. The molecule has 0 spiro atoms. The van der Waals surface area contributed by atoms with Crippen LogP contribution in [0.15, 0.2) is 28.5 Å². The maximum atomic E-state index is 11.6. The molecule has 0 atom stereocenters. The minimum Gasteiger partial charge on any atom is -0.494 e. The largest absolute Gasteiger partial charge is 0.494 e. The van der Waals surface area contributed by atoms with Crippen molar-refractivity contribution in [2.75, 3.05) is 13.2 Å². The molecule has 86 valence electrons. The van der Waals surface area contributed by atoms with Gasteiger partial charge in [-0.3, -0.25) is 0 Å². The molecule has 0 aliphatic carbocycles. The van der Waals surface area contributed by atoms with E-state index >= 15 is 0 Å². The normalized spacial score (nSPS) is 16.1. The van der Waals surface area contributed by atoms with E-state index in [0.717, 1.165) is 6.42 Å². The Balaban J connectivity index is 2.21. The van der Waals surface area contributed by atoms with E-state index in [-0.39, 0.29) is 0 Å². The van der Waals surface area contributed by atoms with Gasteiger partial charge in [0.05, 0.1) is 11.5 Å². The van der Waals surface area contributed by atoms with E-state index in [2.05, 4.69) is 0 Å². The molecule has 2 N–H and O–H groups in total. The van der Waals surface area contributed by atoms with Gasteiger partial charge >= 0.3 is 0 Å². The molecule has 16 heavy (non-hydrogen) atoms. The molecular formula is C11H13NO3S. The molecule has 0 aromatic heterocycles. The van der Waals surface area contributed by atoms with Crippen LogP contribution >= 0.6 is 0 Å². The first-order chi connectivity index (χ1) is 7.63. The van der Waals surface area contributed by atoms with Crippen molar-refractivity contribution in [2.24, 2.45) is 5.73 Å². The highest BCUT2D eigenvalue weighted by Gasteiger charge is 2.20. The van der Waals surface area contributed by atoms with Crippen LogP contribution in [0.3, 0.4) is 0 Å². The summed E-state index contributed by atoms with van der Waals surface area (Å²) in [4.78, 5) is 0.317. The molecule has 5 heteroatoms. The van der Waals surface area contributed by atoms with Crippen LogP contribution in [0, 0.1) is 0 Å². The van der Waals surface area contributed by atoms with Crippen LogP contribution in [-0.4, -0.2) is 21.6 Å². The van der Waals surface area contributed by atoms with Gasteiger partial charge in [0.15, 0.2) is 0 Å². The van der Waals surface area contributed by atoms with Crippen molar-refractivity contribution in [1.29, 1.82) is 0 Å². The fourth-order valence-corrected chi connectivity index (χ4v) is 2.72. The molecule has 4 nitrogen and oxygen atoms in total. The number of nitrogens with two attached hydrogens (primary N) is 1. The Morgan fingerprint density at radius 2 is 2.12 bits per heavy atom. The van der Waals surface area contributed by atoms with Crippen molar-refractivity contribution in [3.8, 4) is 5.75 Å². The molecule has 2 rings (SSSR count). The topological polar surface area (TPSA) is 69.4 Å². The second-order valence-corrected chi connectivity index (χ2v) is 5.34. The van der Waals surface area contributed by atoms with Crippen LogP contribution in [0.1, 0.15) is 12.0 Å². The third-order valence-electron chi connectivity index (χ3n) is 2.34. The van der Waals surface area contributed by atoms with Crippen LogP contribution < -0.4 is 10.5 Å². The fourth-order valence-electron chi connectivity index (χ4n) is 1.50. The van der Waals surface area contributed by atoms with Crippen LogP contribution in [0.25, 0.3) is 6.08 Å².